The molecule has 92 valence electrons. The van der Waals surface area contributed by atoms with Crippen molar-refractivity contribution in [3.05, 3.63) is 71.3 Å². The standard InChI is InChI=1S/C17H17Br/c18-17(14-7-2-1-3-8-14)16-11-10-13-6-4-5-9-15(13)12-16/h1-9,16-17H,10-12H2. The molecule has 2 aromatic rings. The van der Waals surface area contributed by atoms with Gasteiger partial charge in [-0.05, 0) is 41.9 Å². The van der Waals surface area contributed by atoms with Crippen LogP contribution in [0.4, 0.5) is 0 Å². The summed E-state index contributed by atoms with van der Waals surface area (Å²) in [6.45, 7) is 0. The largest absolute Gasteiger partial charge is 0.0836 e. The average Bonchev–Trinajstić information content (AvgIpc) is 2.47. The molecule has 1 aliphatic rings. The van der Waals surface area contributed by atoms with Gasteiger partial charge in [0.1, 0.15) is 0 Å². The highest BCUT2D eigenvalue weighted by molar-refractivity contribution is 9.09. The smallest absolute Gasteiger partial charge is 0.0426 e. The summed E-state index contributed by atoms with van der Waals surface area (Å²) in [7, 11) is 0. The molecule has 18 heavy (non-hydrogen) atoms. The van der Waals surface area contributed by atoms with E-state index in [0.717, 1.165) is 0 Å². The minimum Gasteiger partial charge on any atom is -0.0836 e. The molecule has 2 atom stereocenters. The Bertz CT molecular complexity index is 518. The van der Waals surface area contributed by atoms with Gasteiger partial charge in [0, 0.05) is 4.83 Å². The number of aryl methyl sites for hydroxylation is 1. The van der Waals surface area contributed by atoms with Crippen molar-refractivity contribution in [3.63, 3.8) is 0 Å². The third-order valence-corrected chi connectivity index (χ3v) is 5.19. The van der Waals surface area contributed by atoms with E-state index in [4.69, 9.17) is 0 Å². The van der Waals surface area contributed by atoms with Crippen LogP contribution in [0.25, 0.3) is 0 Å². The lowest BCUT2D eigenvalue weighted by molar-refractivity contribution is 0.453. The van der Waals surface area contributed by atoms with Crippen molar-refractivity contribution in [2.45, 2.75) is 24.1 Å². The third-order valence-electron chi connectivity index (χ3n) is 3.92. The number of halogens is 1. The van der Waals surface area contributed by atoms with Crippen molar-refractivity contribution < 1.29 is 0 Å². The van der Waals surface area contributed by atoms with Crippen molar-refractivity contribution in [2.24, 2.45) is 5.92 Å². The van der Waals surface area contributed by atoms with Gasteiger partial charge in [0.25, 0.3) is 0 Å². The van der Waals surface area contributed by atoms with Gasteiger partial charge in [-0.2, -0.15) is 0 Å². The Balaban J connectivity index is 1.80. The molecule has 1 heteroatoms. The Morgan fingerprint density at radius 1 is 0.889 bits per heavy atom. The summed E-state index contributed by atoms with van der Waals surface area (Å²) in [6.07, 6.45) is 3.69. The summed E-state index contributed by atoms with van der Waals surface area (Å²) in [6, 6.07) is 19.7. The van der Waals surface area contributed by atoms with Crippen molar-refractivity contribution in [2.75, 3.05) is 0 Å². The maximum atomic E-state index is 3.90. The molecular weight excluding hydrogens is 284 g/mol. The van der Waals surface area contributed by atoms with Crippen LogP contribution in [0, 0.1) is 5.92 Å². The summed E-state index contributed by atoms with van der Waals surface area (Å²) in [4.78, 5) is 0.479. The highest BCUT2D eigenvalue weighted by Crippen LogP contribution is 2.39. The van der Waals surface area contributed by atoms with Gasteiger partial charge in [-0.1, -0.05) is 70.5 Å². The minimum absolute atomic E-state index is 0.479. The zero-order chi connectivity index (χ0) is 12.4. The summed E-state index contributed by atoms with van der Waals surface area (Å²) in [5.74, 6) is 0.710. The molecule has 0 amide bonds. The van der Waals surface area contributed by atoms with Crippen LogP contribution in [0.15, 0.2) is 54.6 Å². The van der Waals surface area contributed by atoms with Crippen LogP contribution in [0.1, 0.15) is 27.9 Å². The molecule has 0 nitrogen and oxygen atoms in total. The van der Waals surface area contributed by atoms with Gasteiger partial charge in [0.2, 0.25) is 0 Å². The van der Waals surface area contributed by atoms with E-state index in [1.165, 1.54) is 30.4 Å². The second-order valence-electron chi connectivity index (χ2n) is 5.08. The predicted molar refractivity (Wildman–Crippen MR) is 80.1 cm³/mol. The summed E-state index contributed by atoms with van der Waals surface area (Å²) in [5.41, 5.74) is 4.48. The van der Waals surface area contributed by atoms with E-state index >= 15 is 0 Å². The lowest BCUT2D eigenvalue weighted by Gasteiger charge is -2.28. The van der Waals surface area contributed by atoms with Crippen molar-refractivity contribution in [1.29, 1.82) is 0 Å². The van der Waals surface area contributed by atoms with Crippen LogP contribution in [0.5, 0.6) is 0 Å². The van der Waals surface area contributed by atoms with E-state index in [9.17, 15) is 0 Å². The van der Waals surface area contributed by atoms with E-state index in [0.29, 0.717) is 10.7 Å². The number of hydrogen-bond acceptors (Lipinski definition) is 0. The van der Waals surface area contributed by atoms with Crippen molar-refractivity contribution in [3.8, 4) is 0 Å². The number of rotatable bonds is 2. The molecule has 0 radical (unpaired) electrons. The number of hydrogen-bond donors (Lipinski definition) is 0. The van der Waals surface area contributed by atoms with E-state index < -0.39 is 0 Å². The summed E-state index contributed by atoms with van der Waals surface area (Å²) in [5, 5.41) is 0. The van der Waals surface area contributed by atoms with E-state index in [2.05, 4.69) is 70.5 Å². The van der Waals surface area contributed by atoms with Gasteiger partial charge in [-0.15, -0.1) is 0 Å². The molecule has 0 heterocycles. The highest BCUT2D eigenvalue weighted by atomic mass is 79.9. The molecule has 1 aliphatic carbocycles. The first-order chi connectivity index (χ1) is 8.84. The molecule has 0 aromatic heterocycles. The van der Waals surface area contributed by atoms with Crippen LogP contribution in [-0.4, -0.2) is 0 Å². The third kappa shape index (κ3) is 2.37. The highest BCUT2D eigenvalue weighted by Gasteiger charge is 2.25. The molecule has 2 unspecified atom stereocenters. The fourth-order valence-corrected chi connectivity index (χ4v) is 3.64. The molecule has 0 bridgehead atoms. The summed E-state index contributed by atoms with van der Waals surface area (Å²) >= 11 is 3.90. The van der Waals surface area contributed by atoms with E-state index in [-0.39, 0.29) is 0 Å². The molecule has 0 N–H and O–H groups in total. The summed E-state index contributed by atoms with van der Waals surface area (Å²) < 4.78 is 0. The van der Waals surface area contributed by atoms with Crippen LogP contribution >= 0.6 is 15.9 Å². The Morgan fingerprint density at radius 3 is 2.33 bits per heavy atom. The van der Waals surface area contributed by atoms with Crippen LogP contribution in [0.3, 0.4) is 0 Å². The molecule has 0 saturated heterocycles. The molecule has 3 rings (SSSR count). The van der Waals surface area contributed by atoms with Gasteiger partial charge in [-0.25, -0.2) is 0 Å². The first kappa shape index (κ1) is 12.0. The monoisotopic (exact) mass is 300 g/mol. The lowest BCUT2D eigenvalue weighted by Crippen LogP contribution is -2.18. The van der Waals surface area contributed by atoms with Gasteiger partial charge < -0.3 is 0 Å². The topological polar surface area (TPSA) is 0 Å². The maximum Gasteiger partial charge on any atom is 0.0426 e. The quantitative estimate of drug-likeness (QED) is 0.690. The van der Waals surface area contributed by atoms with Gasteiger partial charge in [0.05, 0.1) is 0 Å². The van der Waals surface area contributed by atoms with Crippen molar-refractivity contribution >= 4 is 15.9 Å². The van der Waals surface area contributed by atoms with Crippen LogP contribution in [0.2, 0.25) is 0 Å². The van der Waals surface area contributed by atoms with Gasteiger partial charge in [-0.3, -0.25) is 0 Å². The Kier molecular flexibility index (Phi) is 3.51. The maximum absolute atomic E-state index is 3.90. The fraction of sp³-hybridized carbons (Fsp3) is 0.294. The van der Waals surface area contributed by atoms with Gasteiger partial charge >= 0.3 is 0 Å². The number of benzene rings is 2. The van der Waals surface area contributed by atoms with Crippen molar-refractivity contribution in [1.82, 2.24) is 0 Å². The van der Waals surface area contributed by atoms with Crippen LogP contribution in [-0.2, 0) is 12.8 Å². The fourth-order valence-electron chi connectivity index (χ4n) is 2.88. The molecule has 0 fully saturated rings. The second-order valence-corrected chi connectivity index (χ2v) is 6.07. The lowest BCUT2D eigenvalue weighted by atomic mass is 9.81. The second kappa shape index (κ2) is 5.27. The number of fused-ring (bicyclic) bond motifs is 1. The predicted octanol–water partition coefficient (Wildman–Crippen LogP) is 4.93. The molecule has 0 aliphatic heterocycles. The zero-order valence-corrected chi connectivity index (χ0v) is 11.9. The Morgan fingerprint density at radius 2 is 1.56 bits per heavy atom. The first-order valence-corrected chi connectivity index (χ1v) is 7.52. The molecule has 2 aromatic carbocycles. The Hall–Kier alpha value is -1.08. The Labute approximate surface area is 117 Å². The minimum atomic E-state index is 0.479. The van der Waals surface area contributed by atoms with E-state index in [1.54, 1.807) is 5.56 Å². The molecule has 0 saturated carbocycles. The average molecular weight is 301 g/mol. The van der Waals surface area contributed by atoms with Gasteiger partial charge in [0.15, 0.2) is 0 Å². The first-order valence-electron chi connectivity index (χ1n) is 6.60. The van der Waals surface area contributed by atoms with E-state index in [1.807, 2.05) is 0 Å². The molecular formula is C17H17Br. The molecule has 0 spiro atoms. The zero-order valence-electron chi connectivity index (χ0n) is 10.4. The number of alkyl halides is 1. The van der Waals surface area contributed by atoms with Crippen LogP contribution < -0.4 is 0 Å². The SMILES string of the molecule is BrC(c1ccccc1)C1CCc2ccccc2C1. The normalized spacial score (nSPS) is 20.2.